The molecular weight excluding hydrogens is 226 g/mol. The number of rotatable bonds is 2. The van der Waals surface area contributed by atoms with E-state index >= 15 is 0 Å². The van der Waals surface area contributed by atoms with Gasteiger partial charge in [-0.1, -0.05) is 0 Å². The van der Waals surface area contributed by atoms with E-state index < -0.39 is 30.7 Å². The first-order valence-electron chi connectivity index (χ1n) is 3.79. The molecule has 0 aromatic carbocycles. The van der Waals surface area contributed by atoms with Gasteiger partial charge >= 0.3 is 59.1 Å². The van der Waals surface area contributed by atoms with Crippen LogP contribution in [0.15, 0.2) is 0 Å². The van der Waals surface area contributed by atoms with Crippen molar-refractivity contribution in [2.75, 3.05) is 13.7 Å². The van der Waals surface area contributed by atoms with Crippen LogP contribution < -0.4 is 0 Å². The van der Waals surface area contributed by atoms with Gasteiger partial charge in [0.25, 0.3) is 0 Å². The monoisotopic (exact) mass is 241 g/mol. The van der Waals surface area contributed by atoms with E-state index in [0.717, 1.165) is 13.7 Å². The van der Waals surface area contributed by atoms with Crippen molar-refractivity contribution >= 4 is 59.1 Å². The minimum absolute atomic E-state index is 0. The van der Waals surface area contributed by atoms with Crippen molar-refractivity contribution < 1.29 is 29.9 Å². The molecule has 0 aliphatic carbocycles. The Kier molecular flexibility index (Phi) is 10.1. The van der Waals surface area contributed by atoms with Crippen LogP contribution in [0, 0.1) is 6.61 Å². The van der Waals surface area contributed by atoms with Gasteiger partial charge in [-0.15, -0.1) is 0 Å². The van der Waals surface area contributed by atoms with Gasteiger partial charge in [-0.05, 0) is 0 Å². The van der Waals surface area contributed by atoms with Crippen molar-refractivity contribution in [2.24, 2.45) is 0 Å². The molecule has 15 heavy (non-hydrogen) atoms. The van der Waals surface area contributed by atoms with Gasteiger partial charge in [0, 0.05) is 7.11 Å². The quantitative estimate of drug-likeness (QED) is 0.293. The molecule has 4 N–H and O–H groups in total. The van der Waals surface area contributed by atoms with E-state index in [1.165, 1.54) is 0 Å². The number of methoxy groups -OCH3 is 1. The molecule has 1 fully saturated rings. The molecule has 1 aliphatic heterocycles. The number of aliphatic hydroxyl groups excluding tert-OH is 3. The molecule has 1 rings (SSSR count). The minimum atomic E-state index is -2.08. The molecule has 8 heteroatoms. The maximum atomic E-state index is 9.64. The molecule has 4 atom stereocenters. The second-order valence-electron chi connectivity index (χ2n) is 2.83. The third-order valence-electron chi connectivity index (χ3n) is 2.08. The predicted octanol–water partition coefficient (Wildman–Crippen LogP) is -3.70. The van der Waals surface area contributed by atoms with E-state index in [1.54, 1.807) is 0 Å². The van der Waals surface area contributed by atoms with Gasteiger partial charge in [0.15, 0.2) is 0 Å². The van der Waals surface area contributed by atoms with Gasteiger partial charge in [0.1, 0.15) is 24.9 Å². The summed E-state index contributed by atoms with van der Waals surface area (Å²) in [5.74, 6) is -2.08. The summed E-state index contributed by atoms with van der Waals surface area (Å²) in [5, 5.41) is 36.9. The normalized spacial score (nSPS) is 40.2. The van der Waals surface area contributed by atoms with Crippen LogP contribution >= 0.6 is 0 Å². The van der Waals surface area contributed by atoms with Crippen molar-refractivity contribution in [1.29, 1.82) is 0 Å². The topological polar surface area (TPSA) is 99.4 Å². The van der Waals surface area contributed by atoms with Crippen molar-refractivity contribution in [3.8, 4) is 0 Å². The average molecular weight is 241 g/mol. The van der Waals surface area contributed by atoms with Gasteiger partial charge in [0.2, 0.25) is 5.79 Å². The third kappa shape index (κ3) is 3.87. The fourth-order valence-corrected chi connectivity index (χ4v) is 1.21. The van der Waals surface area contributed by atoms with Crippen LogP contribution in [0.3, 0.4) is 0 Å². The third-order valence-corrected chi connectivity index (χ3v) is 2.08. The second-order valence-corrected chi connectivity index (χ2v) is 2.83. The van der Waals surface area contributed by atoms with Gasteiger partial charge in [0.05, 0.1) is 6.61 Å². The molecular formula is C7H15Na2O6. The summed E-state index contributed by atoms with van der Waals surface area (Å²) >= 11 is 0. The summed E-state index contributed by atoms with van der Waals surface area (Å²) < 4.78 is 9.36. The summed E-state index contributed by atoms with van der Waals surface area (Å²) in [6.45, 7) is 0.420. The number of hydrogen-bond acceptors (Lipinski definition) is 6. The standard InChI is InChI=1S/C7H13O6.2Na.2H/c1-12-7(11)5(2-8)13-3-4(9)6(7)10;;;;/h3-6,8-11H,2H2,1H3;;;;/t4-,5+,6+,7-;;;;/m0..../s1. The number of aliphatic hydroxyl groups is 4. The first kappa shape index (κ1) is 19.1. The zero-order chi connectivity index (χ0) is 10.1. The summed E-state index contributed by atoms with van der Waals surface area (Å²) in [7, 11) is 1.15. The summed E-state index contributed by atoms with van der Waals surface area (Å²) in [4.78, 5) is 0. The van der Waals surface area contributed by atoms with Crippen LogP contribution in [0.2, 0.25) is 0 Å². The molecule has 0 bridgehead atoms. The fourth-order valence-electron chi connectivity index (χ4n) is 1.21. The maximum absolute atomic E-state index is 9.64. The Balaban J connectivity index is 0. The summed E-state index contributed by atoms with van der Waals surface area (Å²) in [6, 6.07) is 0. The predicted molar refractivity (Wildman–Crippen MR) is 54.5 cm³/mol. The van der Waals surface area contributed by atoms with E-state index in [4.69, 9.17) is 14.9 Å². The first-order chi connectivity index (χ1) is 6.06. The molecule has 0 amide bonds. The van der Waals surface area contributed by atoms with E-state index in [-0.39, 0.29) is 59.1 Å². The number of ether oxygens (including phenoxy) is 2. The van der Waals surface area contributed by atoms with E-state index in [1.807, 2.05) is 0 Å². The Hall–Kier alpha value is 1.76. The number of hydrogen-bond donors (Lipinski definition) is 4. The molecule has 0 unspecified atom stereocenters. The zero-order valence-corrected chi connectivity index (χ0v) is 7.12. The van der Waals surface area contributed by atoms with E-state index in [2.05, 4.69) is 4.74 Å². The molecule has 1 aliphatic rings. The fraction of sp³-hybridized carbons (Fsp3) is 0.857. The van der Waals surface area contributed by atoms with Crippen molar-refractivity contribution in [2.45, 2.75) is 24.1 Å². The van der Waals surface area contributed by atoms with Crippen molar-refractivity contribution in [3.05, 3.63) is 6.61 Å². The molecule has 1 radical (unpaired) electrons. The van der Waals surface area contributed by atoms with Gasteiger partial charge < -0.3 is 29.9 Å². The van der Waals surface area contributed by atoms with E-state index in [0.29, 0.717) is 0 Å². The second kappa shape index (κ2) is 7.97. The van der Waals surface area contributed by atoms with Crippen molar-refractivity contribution in [3.63, 3.8) is 0 Å². The van der Waals surface area contributed by atoms with Crippen molar-refractivity contribution in [1.82, 2.24) is 0 Å². The Bertz CT molecular complexity index is 179. The van der Waals surface area contributed by atoms with Crippen LogP contribution in [0.4, 0.5) is 0 Å². The summed E-state index contributed by atoms with van der Waals surface area (Å²) in [6.07, 6.45) is -3.98. The molecule has 1 heterocycles. The van der Waals surface area contributed by atoms with Gasteiger partial charge in [-0.25, -0.2) is 0 Å². The Labute approximate surface area is 132 Å². The Morgan fingerprint density at radius 2 is 1.93 bits per heavy atom. The molecule has 0 aromatic rings. The molecule has 1 saturated heterocycles. The van der Waals surface area contributed by atoms with E-state index in [9.17, 15) is 10.2 Å². The molecule has 6 nitrogen and oxygen atoms in total. The van der Waals surface area contributed by atoms with Gasteiger partial charge in [-0.2, -0.15) is 0 Å². The van der Waals surface area contributed by atoms with Crippen LogP contribution in [0.5, 0.6) is 0 Å². The molecule has 0 aromatic heterocycles. The van der Waals surface area contributed by atoms with Gasteiger partial charge in [-0.3, -0.25) is 0 Å². The average Bonchev–Trinajstić information content (AvgIpc) is 2.15. The Morgan fingerprint density at radius 1 is 1.40 bits per heavy atom. The molecule has 81 valence electrons. The SMILES string of the molecule is CO[C@]1(O)[C@H](O)[C@@H](O)[CH]O[C@@H]1CO.[NaH].[NaH]. The van der Waals surface area contributed by atoms with Crippen LogP contribution in [-0.2, 0) is 9.47 Å². The zero-order valence-electron chi connectivity index (χ0n) is 7.12. The molecule has 0 spiro atoms. The first-order valence-corrected chi connectivity index (χ1v) is 3.79. The van der Waals surface area contributed by atoms with Crippen LogP contribution in [-0.4, -0.2) is 117 Å². The summed E-state index contributed by atoms with van der Waals surface area (Å²) in [5.41, 5.74) is 0. The molecule has 0 saturated carbocycles. The van der Waals surface area contributed by atoms with Crippen LogP contribution in [0.25, 0.3) is 0 Å². The van der Waals surface area contributed by atoms with Crippen LogP contribution in [0.1, 0.15) is 0 Å². The Morgan fingerprint density at radius 3 is 2.33 bits per heavy atom.